The van der Waals surface area contributed by atoms with Gasteiger partial charge in [-0.1, -0.05) is 36.5 Å². The zero-order chi connectivity index (χ0) is 13.8. The van der Waals surface area contributed by atoms with Gasteiger partial charge < -0.3 is 14.1 Å². The molecular weight excluding hydrogens is 336 g/mol. The zero-order valence-electron chi connectivity index (χ0n) is 15.5. The third-order valence-electron chi connectivity index (χ3n) is 1.37. The van der Waals surface area contributed by atoms with Crippen LogP contribution in [0.1, 0.15) is 19.6 Å². The predicted molar refractivity (Wildman–Crippen MR) is 84.2 cm³/mol. The molecule has 0 aromatic heterocycles. The summed E-state index contributed by atoms with van der Waals surface area (Å²) in [4.78, 5) is 22.0. The van der Waals surface area contributed by atoms with Crippen molar-refractivity contribution >= 4 is 98.8 Å². The third-order valence-corrected chi connectivity index (χ3v) is 1.97. The summed E-state index contributed by atoms with van der Waals surface area (Å²) in [5.41, 5.74) is 0. The molecule has 20 heavy (non-hydrogen) atoms. The van der Waals surface area contributed by atoms with Gasteiger partial charge in [-0.05, 0) is 13.8 Å². The Labute approximate surface area is 187 Å². The molecule has 0 spiro atoms. The van der Waals surface area contributed by atoms with Crippen molar-refractivity contribution < 1.29 is 27.9 Å². The first-order valence-electron chi connectivity index (χ1n) is 5.05. The quantitative estimate of drug-likeness (QED) is 0.412. The van der Waals surface area contributed by atoms with Crippen LogP contribution >= 0.6 is 0 Å². The number of rotatable bonds is 6. The molecule has 0 fully saturated rings. The summed E-state index contributed by atoms with van der Waals surface area (Å²) in [5, 5.41) is 0. The predicted octanol–water partition coefficient (Wildman–Crippen LogP) is 1.60. The summed E-state index contributed by atoms with van der Waals surface area (Å²) < 4.78 is 19.6. The van der Waals surface area contributed by atoms with Crippen LogP contribution in [0.4, 0.5) is 0 Å². The Kier molecular flexibility index (Phi) is 22.5. The van der Waals surface area contributed by atoms with Gasteiger partial charge in [-0.25, -0.2) is 9.59 Å². The number of allylic oxidation sites excluding steroid dienone is 6. The fraction of sp³-hybridized carbons (Fsp3) is 0.167. The van der Waals surface area contributed by atoms with E-state index in [0.29, 0.717) is 0 Å². The fourth-order valence-electron chi connectivity index (χ4n) is 0.697. The van der Waals surface area contributed by atoms with Gasteiger partial charge in [-0.15, -0.1) is 0 Å². The Bertz CT molecular complexity index is 405. The Morgan fingerprint density at radius 3 is 1.50 bits per heavy atom. The molecule has 0 aliphatic heterocycles. The molecule has 0 saturated carbocycles. The molecule has 0 aliphatic rings. The summed E-state index contributed by atoms with van der Waals surface area (Å²) in [5.74, 6) is -1.73. The molecule has 106 valence electrons. The van der Waals surface area contributed by atoms with E-state index in [4.69, 9.17) is 0 Å². The standard InChI is InChI=1S/C12H14O5S.2Ca.4H/c1-3-5-7-9-11(13)16-18(15)17-12(14)10-8-6-4-2;;;;;;/h3-10H,1-2H3;;;;;;/q;2*+2;4*-1/b5-3+,6-4+,9-7+,10-8+;;;;;;. The van der Waals surface area contributed by atoms with Gasteiger partial charge >= 0.3 is 98.8 Å². The summed E-state index contributed by atoms with van der Waals surface area (Å²) in [6.07, 6.45) is 11.5. The van der Waals surface area contributed by atoms with E-state index >= 15 is 0 Å². The number of carbonyl (C=O) groups excluding carboxylic acids is 2. The normalized spacial score (nSPS) is 10.9. The minimum Gasteiger partial charge on any atom is -1.00 e. The average molecular weight is 354 g/mol. The van der Waals surface area contributed by atoms with Crippen LogP contribution in [0.3, 0.4) is 0 Å². The van der Waals surface area contributed by atoms with E-state index in [2.05, 4.69) is 8.37 Å². The second-order valence-corrected chi connectivity index (χ2v) is 3.52. The Morgan fingerprint density at radius 1 is 0.850 bits per heavy atom. The Morgan fingerprint density at radius 2 is 1.20 bits per heavy atom. The Hall–Kier alpha value is 0.569. The molecule has 0 N–H and O–H groups in total. The van der Waals surface area contributed by atoms with Crippen LogP contribution in [0.15, 0.2) is 48.6 Å². The van der Waals surface area contributed by atoms with E-state index in [0.717, 1.165) is 12.2 Å². The Balaban J connectivity index is -0.0000000963. The molecule has 0 amide bonds. The van der Waals surface area contributed by atoms with Crippen molar-refractivity contribution in [1.82, 2.24) is 0 Å². The maximum absolute atomic E-state index is 11.1. The second-order valence-electron chi connectivity index (χ2n) is 2.78. The molecule has 0 atom stereocenters. The van der Waals surface area contributed by atoms with Crippen LogP contribution < -0.4 is 0 Å². The van der Waals surface area contributed by atoms with Crippen molar-refractivity contribution in [3.63, 3.8) is 0 Å². The van der Waals surface area contributed by atoms with Gasteiger partial charge in [0.2, 0.25) is 0 Å². The maximum Gasteiger partial charge on any atom is 2.00 e. The van der Waals surface area contributed by atoms with Gasteiger partial charge in [-0.3, -0.25) is 0 Å². The van der Waals surface area contributed by atoms with Crippen molar-refractivity contribution in [2.75, 3.05) is 0 Å². The molecule has 8 heteroatoms. The summed E-state index contributed by atoms with van der Waals surface area (Å²) in [7, 11) is 0. The van der Waals surface area contributed by atoms with E-state index < -0.39 is 23.3 Å². The van der Waals surface area contributed by atoms with Gasteiger partial charge in [0.15, 0.2) is 0 Å². The van der Waals surface area contributed by atoms with Crippen LogP contribution in [0.2, 0.25) is 0 Å². The largest absolute Gasteiger partial charge is 2.00 e. The fourth-order valence-corrected chi connectivity index (χ4v) is 1.11. The van der Waals surface area contributed by atoms with Gasteiger partial charge in [0.25, 0.3) is 0 Å². The molecule has 0 aromatic rings. The van der Waals surface area contributed by atoms with Crippen LogP contribution in [0.25, 0.3) is 0 Å². The molecule has 0 unspecified atom stereocenters. The zero-order valence-corrected chi connectivity index (χ0v) is 16.7. The molecule has 5 nitrogen and oxygen atoms in total. The average Bonchev–Trinajstić information content (AvgIpc) is 2.29. The van der Waals surface area contributed by atoms with Crippen LogP contribution in [-0.2, 0) is 29.3 Å². The second kappa shape index (κ2) is 17.6. The monoisotopic (exact) mass is 354 g/mol. The number of hydrogen-bond donors (Lipinski definition) is 0. The summed E-state index contributed by atoms with van der Waals surface area (Å²) >= 11 is -2.44. The van der Waals surface area contributed by atoms with Gasteiger partial charge in [-0.2, -0.15) is 4.21 Å². The van der Waals surface area contributed by atoms with E-state index in [9.17, 15) is 13.8 Å². The SMILES string of the molecule is C/C=C/C=C/C(=O)OS(=O)OC(=O)/C=C/C=C/C.[Ca+2].[Ca+2].[H-].[H-].[H-].[H-]. The van der Waals surface area contributed by atoms with E-state index in [1.807, 2.05) is 0 Å². The molecular formula is C12H18Ca2O5S. The van der Waals surface area contributed by atoms with Crippen molar-refractivity contribution in [2.45, 2.75) is 13.8 Å². The number of carbonyl (C=O) groups is 2. The van der Waals surface area contributed by atoms with Crippen molar-refractivity contribution in [3.8, 4) is 0 Å². The molecule has 0 saturated heterocycles. The van der Waals surface area contributed by atoms with Crippen molar-refractivity contribution in [3.05, 3.63) is 48.6 Å². The van der Waals surface area contributed by atoms with Crippen LogP contribution in [0, 0.1) is 0 Å². The molecule has 0 aromatic carbocycles. The van der Waals surface area contributed by atoms with Gasteiger partial charge in [0, 0.05) is 12.2 Å². The van der Waals surface area contributed by atoms with Gasteiger partial charge in [0.1, 0.15) is 0 Å². The number of hydrogen-bond acceptors (Lipinski definition) is 5. The maximum atomic E-state index is 11.1. The van der Waals surface area contributed by atoms with Gasteiger partial charge in [0.05, 0.1) is 0 Å². The van der Waals surface area contributed by atoms with Crippen LogP contribution in [-0.4, -0.2) is 91.6 Å². The molecule has 0 aliphatic carbocycles. The van der Waals surface area contributed by atoms with E-state index in [1.165, 1.54) is 12.2 Å². The van der Waals surface area contributed by atoms with E-state index in [-0.39, 0.29) is 81.2 Å². The van der Waals surface area contributed by atoms with Crippen molar-refractivity contribution in [2.24, 2.45) is 0 Å². The van der Waals surface area contributed by atoms with Crippen LogP contribution in [0.5, 0.6) is 0 Å². The first-order valence-corrected chi connectivity index (χ1v) is 6.05. The minimum absolute atomic E-state index is 0. The smallest absolute Gasteiger partial charge is 1.00 e. The topological polar surface area (TPSA) is 69.7 Å². The first-order chi connectivity index (χ1) is 8.60. The first kappa shape index (κ1) is 25.5. The summed E-state index contributed by atoms with van der Waals surface area (Å²) in [6.45, 7) is 3.54. The minimum atomic E-state index is -2.44. The third kappa shape index (κ3) is 16.6. The molecule has 0 bridgehead atoms. The molecule has 0 heterocycles. The van der Waals surface area contributed by atoms with E-state index in [1.54, 1.807) is 38.2 Å². The molecule has 0 radical (unpaired) electrons. The van der Waals surface area contributed by atoms with Crippen molar-refractivity contribution in [1.29, 1.82) is 0 Å². The molecule has 0 rings (SSSR count). The summed E-state index contributed by atoms with van der Waals surface area (Å²) in [6, 6.07) is 0.